The Morgan fingerprint density at radius 1 is 0.900 bits per heavy atom. The third-order valence-corrected chi connectivity index (χ3v) is 1.26. The van der Waals surface area contributed by atoms with E-state index in [1.165, 1.54) is 0 Å². The molecule has 0 aliphatic heterocycles. The van der Waals surface area contributed by atoms with Gasteiger partial charge in [-0.2, -0.15) is 0 Å². The second-order valence-electron chi connectivity index (χ2n) is 1.30. The van der Waals surface area contributed by atoms with E-state index in [4.69, 9.17) is 0 Å². The maximum Gasteiger partial charge on any atom is 2.00 e. The average Bonchev–Trinajstić information content (AvgIpc) is 1.69. The van der Waals surface area contributed by atoms with Gasteiger partial charge in [-0.25, -0.2) is 0 Å². The Labute approximate surface area is 97.9 Å². The molecule has 0 amide bonds. The van der Waals surface area contributed by atoms with Gasteiger partial charge in [0.15, 0.2) is 0 Å². The van der Waals surface area contributed by atoms with Crippen molar-refractivity contribution >= 4 is 39.0 Å². The molecule has 52 valence electrons. The first-order chi connectivity index (χ1) is 3.39. The fraction of sp³-hybridized carbons (Fsp3) is 0. The van der Waals surface area contributed by atoms with Crippen LogP contribution in [0.4, 0.5) is 0 Å². The van der Waals surface area contributed by atoms with Gasteiger partial charge in [0.2, 0.25) is 0 Å². The third kappa shape index (κ3) is 7.16. The van der Waals surface area contributed by atoms with Crippen LogP contribution in [0.5, 0.6) is 0 Å². The van der Waals surface area contributed by atoms with Crippen molar-refractivity contribution in [2.24, 2.45) is 0 Å². The van der Waals surface area contributed by atoms with Crippen molar-refractivity contribution in [3.8, 4) is 0 Å². The standard InChI is InChI=1S/C6H5Br.2ClH.Mg/c7-6-4-2-1-3-5-6;;;/h1-5H;2*1H;/q;;;+2/p-2. The van der Waals surface area contributed by atoms with E-state index in [-0.39, 0.29) is 47.9 Å². The monoisotopic (exact) mass is 250 g/mol. The smallest absolute Gasteiger partial charge is 1.00 e. The molecule has 0 saturated carbocycles. The molecule has 0 nitrogen and oxygen atoms in total. The van der Waals surface area contributed by atoms with Gasteiger partial charge in [0.25, 0.3) is 0 Å². The van der Waals surface area contributed by atoms with Gasteiger partial charge in [0, 0.05) is 4.47 Å². The molecule has 1 aromatic rings. The molecule has 0 radical (unpaired) electrons. The van der Waals surface area contributed by atoms with Gasteiger partial charge >= 0.3 is 23.1 Å². The number of halogens is 3. The largest absolute Gasteiger partial charge is 2.00 e. The van der Waals surface area contributed by atoms with Gasteiger partial charge in [0.05, 0.1) is 0 Å². The molecule has 0 N–H and O–H groups in total. The van der Waals surface area contributed by atoms with Crippen LogP contribution < -0.4 is 24.8 Å². The molecule has 0 aliphatic rings. The average molecular weight is 252 g/mol. The van der Waals surface area contributed by atoms with Crippen LogP contribution in [-0.4, -0.2) is 23.1 Å². The van der Waals surface area contributed by atoms with Crippen molar-refractivity contribution in [2.75, 3.05) is 0 Å². The predicted octanol–water partition coefficient (Wildman–Crippen LogP) is -3.92. The van der Waals surface area contributed by atoms with Crippen LogP contribution in [0.25, 0.3) is 0 Å². The molecule has 0 aromatic heterocycles. The van der Waals surface area contributed by atoms with Gasteiger partial charge < -0.3 is 24.8 Å². The molecule has 0 saturated heterocycles. The minimum absolute atomic E-state index is 0. The van der Waals surface area contributed by atoms with Crippen molar-refractivity contribution in [2.45, 2.75) is 0 Å². The summed E-state index contributed by atoms with van der Waals surface area (Å²) in [6.07, 6.45) is 0. The van der Waals surface area contributed by atoms with E-state index < -0.39 is 0 Å². The van der Waals surface area contributed by atoms with Crippen LogP contribution in [0.1, 0.15) is 0 Å². The molecule has 0 spiro atoms. The summed E-state index contributed by atoms with van der Waals surface area (Å²) in [7, 11) is 0. The van der Waals surface area contributed by atoms with Crippen molar-refractivity contribution in [3.05, 3.63) is 34.8 Å². The Bertz CT molecular complexity index is 146. The third-order valence-electron chi connectivity index (χ3n) is 0.733. The number of hydrogen-bond donors (Lipinski definition) is 0. The second-order valence-corrected chi connectivity index (χ2v) is 2.21. The summed E-state index contributed by atoms with van der Waals surface area (Å²) in [5.74, 6) is 0. The summed E-state index contributed by atoms with van der Waals surface area (Å²) in [6.45, 7) is 0. The Morgan fingerprint density at radius 3 is 1.50 bits per heavy atom. The van der Waals surface area contributed by atoms with Crippen LogP contribution in [0.3, 0.4) is 0 Å². The predicted molar refractivity (Wildman–Crippen MR) is 39.9 cm³/mol. The van der Waals surface area contributed by atoms with Gasteiger partial charge in [0.1, 0.15) is 0 Å². The number of hydrogen-bond acceptors (Lipinski definition) is 0. The van der Waals surface area contributed by atoms with E-state index in [1.807, 2.05) is 30.3 Å². The molecule has 1 aromatic carbocycles. The van der Waals surface area contributed by atoms with Crippen molar-refractivity contribution < 1.29 is 24.8 Å². The van der Waals surface area contributed by atoms with E-state index in [0.717, 1.165) is 4.47 Å². The summed E-state index contributed by atoms with van der Waals surface area (Å²) in [6, 6.07) is 9.97. The van der Waals surface area contributed by atoms with Crippen LogP contribution in [-0.2, 0) is 0 Å². The SMILES string of the molecule is Brc1ccccc1.[Cl-].[Cl-].[Mg+2]. The first kappa shape index (κ1) is 17.2. The normalized spacial score (nSPS) is 6.10. The molecule has 10 heavy (non-hydrogen) atoms. The van der Waals surface area contributed by atoms with Gasteiger partial charge in [-0.1, -0.05) is 34.1 Å². The molecule has 0 aliphatic carbocycles. The van der Waals surface area contributed by atoms with E-state index >= 15 is 0 Å². The van der Waals surface area contributed by atoms with Crippen LogP contribution in [0.2, 0.25) is 0 Å². The van der Waals surface area contributed by atoms with Crippen molar-refractivity contribution in [1.29, 1.82) is 0 Å². The quantitative estimate of drug-likeness (QED) is 0.414. The van der Waals surface area contributed by atoms with Crippen LogP contribution in [0, 0.1) is 0 Å². The first-order valence-electron chi connectivity index (χ1n) is 2.10. The zero-order chi connectivity index (χ0) is 5.11. The molecule has 0 heterocycles. The zero-order valence-corrected chi connectivity index (χ0v) is 9.74. The Kier molecular flexibility index (Phi) is 17.3. The molecule has 0 unspecified atom stereocenters. The summed E-state index contributed by atoms with van der Waals surface area (Å²) in [4.78, 5) is 0. The summed E-state index contributed by atoms with van der Waals surface area (Å²) in [5.41, 5.74) is 0. The fourth-order valence-electron chi connectivity index (χ4n) is 0.415. The van der Waals surface area contributed by atoms with Gasteiger partial charge in [-0.3, -0.25) is 0 Å². The minimum Gasteiger partial charge on any atom is -1.00 e. The van der Waals surface area contributed by atoms with E-state index in [0.29, 0.717) is 0 Å². The van der Waals surface area contributed by atoms with Gasteiger partial charge in [-0.15, -0.1) is 0 Å². The molecule has 0 fully saturated rings. The summed E-state index contributed by atoms with van der Waals surface area (Å²) in [5, 5.41) is 0. The molecule has 0 bridgehead atoms. The minimum atomic E-state index is 0. The van der Waals surface area contributed by atoms with E-state index in [1.54, 1.807) is 0 Å². The molecular formula is C6H5BrCl2Mg. The first-order valence-corrected chi connectivity index (χ1v) is 2.89. The van der Waals surface area contributed by atoms with Crippen molar-refractivity contribution in [3.63, 3.8) is 0 Å². The Hall–Kier alpha value is 1.05. The molecule has 4 heteroatoms. The van der Waals surface area contributed by atoms with E-state index in [9.17, 15) is 0 Å². The topological polar surface area (TPSA) is 0 Å². The Morgan fingerprint density at radius 2 is 1.30 bits per heavy atom. The van der Waals surface area contributed by atoms with Gasteiger partial charge in [-0.05, 0) is 12.1 Å². The zero-order valence-electron chi connectivity index (χ0n) is 5.23. The van der Waals surface area contributed by atoms with Crippen LogP contribution in [0.15, 0.2) is 34.8 Å². The fourth-order valence-corrected chi connectivity index (χ4v) is 0.720. The molecular weight excluding hydrogens is 247 g/mol. The number of benzene rings is 1. The molecule has 0 atom stereocenters. The Balaban J connectivity index is -0.000000163. The van der Waals surface area contributed by atoms with Crippen molar-refractivity contribution in [1.82, 2.24) is 0 Å². The summed E-state index contributed by atoms with van der Waals surface area (Å²) < 4.78 is 1.13. The van der Waals surface area contributed by atoms with Crippen LogP contribution >= 0.6 is 15.9 Å². The summed E-state index contributed by atoms with van der Waals surface area (Å²) >= 11 is 3.31. The van der Waals surface area contributed by atoms with E-state index in [2.05, 4.69) is 15.9 Å². The second kappa shape index (κ2) is 10.0. The number of rotatable bonds is 0. The maximum absolute atomic E-state index is 3.31. The molecule has 1 rings (SSSR count). The maximum atomic E-state index is 3.31.